The molecule has 1 unspecified atom stereocenters. The van der Waals surface area contributed by atoms with Crippen molar-refractivity contribution in [3.8, 4) is 0 Å². The molecule has 6 nitrogen and oxygen atoms in total. The predicted octanol–water partition coefficient (Wildman–Crippen LogP) is 1.49. The summed E-state index contributed by atoms with van der Waals surface area (Å²) in [7, 11) is -4.13. The van der Waals surface area contributed by atoms with E-state index in [4.69, 9.17) is 5.73 Å². The van der Waals surface area contributed by atoms with Crippen LogP contribution >= 0.6 is 0 Å². The van der Waals surface area contributed by atoms with Crippen LogP contribution < -0.4 is 11.1 Å². The summed E-state index contributed by atoms with van der Waals surface area (Å²) in [4.78, 5) is 9.67. The summed E-state index contributed by atoms with van der Waals surface area (Å²) >= 11 is 0. The van der Waals surface area contributed by atoms with E-state index in [1.807, 2.05) is 0 Å². The summed E-state index contributed by atoms with van der Waals surface area (Å²) in [6, 6.07) is 12.3. The third-order valence-electron chi connectivity index (χ3n) is 3.76. The standard InChI is InChI=1S/C15H14N2O4S/c16-11-6-7-13-10(8-11)9-15(17-13,14(18)19)22(20,21)12-4-2-1-3-5-12/h1-8,17H,9,16H2,(H,18,19). The number of hydrogen-bond donors (Lipinski definition) is 3. The maximum atomic E-state index is 12.9. The molecule has 22 heavy (non-hydrogen) atoms. The van der Waals surface area contributed by atoms with Crippen LogP contribution in [0.25, 0.3) is 0 Å². The zero-order valence-corrected chi connectivity index (χ0v) is 12.3. The maximum absolute atomic E-state index is 12.9. The van der Waals surface area contributed by atoms with Gasteiger partial charge in [0, 0.05) is 17.8 Å². The number of anilines is 2. The highest BCUT2D eigenvalue weighted by Crippen LogP contribution is 2.39. The Morgan fingerprint density at radius 1 is 1.18 bits per heavy atom. The van der Waals surface area contributed by atoms with Crippen LogP contribution in [0.15, 0.2) is 53.4 Å². The highest BCUT2D eigenvalue weighted by atomic mass is 32.2. The van der Waals surface area contributed by atoms with Gasteiger partial charge >= 0.3 is 5.97 Å². The Morgan fingerprint density at radius 3 is 2.50 bits per heavy atom. The lowest BCUT2D eigenvalue weighted by Crippen LogP contribution is -2.52. The van der Waals surface area contributed by atoms with Crippen LogP contribution in [-0.2, 0) is 21.1 Å². The number of aliphatic carboxylic acids is 1. The molecule has 2 aromatic rings. The van der Waals surface area contributed by atoms with Gasteiger partial charge in [0.25, 0.3) is 0 Å². The van der Waals surface area contributed by atoms with Gasteiger partial charge in [-0.25, -0.2) is 13.2 Å². The van der Waals surface area contributed by atoms with Crippen molar-refractivity contribution >= 4 is 27.2 Å². The number of carboxylic acids is 1. The van der Waals surface area contributed by atoms with E-state index in [9.17, 15) is 18.3 Å². The molecule has 1 aliphatic heterocycles. The topological polar surface area (TPSA) is 109 Å². The van der Waals surface area contributed by atoms with Crippen molar-refractivity contribution in [3.63, 3.8) is 0 Å². The number of rotatable bonds is 3. The molecule has 0 radical (unpaired) electrons. The van der Waals surface area contributed by atoms with Gasteiger partial charge in [0.15, 0.2) is 0 Å². The van der Waals surface area contributed by atoms with E-state index < -0.39 is 20.7 Å². The lowest BCUT2D eigenvalue weighted by atomic mass is 10.1. The second kappa shape index (κ2) is 4.74. The van der Waals surface area contributed by atoms with Crippen LogP contribution in [0, 0.1) is 0 Å². The van der Waals surface area contributed by atoms with Gasteiger partial charge in [0.05, 0.1) is 4.90 Å². The number of carbonyl (C=O) groups is 1. The van der Waals surface area contributed by atoms with E-state index in [0.29, 0.717) is 16.9 Å². The monoisotopic (exact) mass is 318 g/mol. The van der Waals surface area contributed by atoms with Gasteiger partial charge < -0.3 is 16.2 Å². The third kappa shape index (κ3) is 1.93. The minimum absolute atomic E-state index is 0.0364. The molecule has 0 spiro atoms. The molecule has 1 atom stereocenters. The largest absolute Gasteiger partial charge is 0.479 e. The van der Waals surface area contributed by atoms with Crippen LogP contribution in [0.3, 0.4) is 0 Å². The van der Waals surface area contributed by atoms with Crippen molar-refractivity contribution < 1.29 is 18.3 Å². The fourth-order valence-corrected chi connectivity index (χ4v) is 4.36. The molecule has 0 saturated heterocycles. The number of hydrogen-bond acceptors (Lipinski definition) is 5. The van der Waals surface area contributed by atoms with Crippen LogP contribution in [0.1, 0.15) is 5.56 Å². The van der Waals surface area contributed by atoms with Crippen LogP contribution in [0.5, 0.6) is 0 Å². The Hall–Kier alpha value is -2.54. The molecule has 3 rings (SSSR count). The van der Waals surface area contributed by atoms with E-state index >= 15 is 0 Å². The molecular weight excluding hydrogens is 304 g/mol. The smallest absolute Gasteiger partial charge is 0.346 e. The summed E-state index contributed by atoms with van der Waals surface area (Å²) in [6.45, 7) is 0. The normalized spacial score (nSPS) is 20.2. The van der Waals surface area contributed by atoms with Crippen LogP contribution in [-0.4, -0.2) is 24.4 Å². The predicted molar refractivity (Wildman–Crippen MR) is 82.2 cm³/mol. The molecule has 0 bridgehead atoms. The minimum Gasteiger partial charge on any atom is -0.479 e. The van der Waals surface area contributed by atoms with Gasteiger partial charge in [0.2, 0.25) is 14.7 Å². The maximum Gasteiger partial charge on any atom is 0.346 e. The molecule has 0 fully saturated rings. The second-order valence-corrected chi connectivity index (χ2v) is 7.34. The Kier molecular flexibility index (Phi) is 3.10. The third-order valence-corrected chi connectivity index (χ3v) is 5.99. The quantitative estimate of drug-likeness (QED) is 0.740. The van der Waals surface area contributed by atoms with E-state index in [-0.39, 0.29) is 11.3 Å². The molecule has 2 aromatic carbocycles. The lowest BCUT2D eigenvalue weighted by molar-refractivity contribution is -0.139. The molecule has 0 aliphatic carbocycles. The fourth-order valence-electron chi connectivity index (χ4n) is 2.62. The Labute approximate surface area is 127 Å². The molecule has 0 saturated carbocycles. The number of benzene rings is 2. The summed E-state index contributed by atoms with van der Waals surface area (Å²) < 4.78 is 25.8. The molecule has 4 N–H and O–H groups in total. The first-order valence-corrected chi connectivity index (χ1v) is 8.05. The highest BCUT2D eigenvalue weighted by Gasteiger charge is 2.55. The van der Waals surface area contributed by atoms with E-state index in [1.54, 1.807) is 36.4 Å². The number of fused-ring (bicyclic) bond motifs is 1. The number of sulfone groups is 1. The van der Waals surface area contributed by atoms with Gasteiger partial charge in [-0.2, -0.15) is 0 Å². The fraction of sp³-hybridized carbons (Fsp3) is 0.133. The average molecular weight is 318 g/mol. The van der Waals surface area contributed by atoms with Gasteiger partial charge in [-0.1, -0.05) is 18.2 Å². The molecule has 114 valence electrons. The first-order chi connectivity index (χ1) is 10.4. The van der Waals surface area contributed by atoms with Crippen LogP contribution in [0.2, 0.25) is 0 Å². The van der Waals surface area contributed by atoms with Crippen molar-refractivity contribution in [1.82, 2.24) is 0 Å². The Bertz CT molecular complexity index is 849. The highest BCUT2D eigenvalue weighted by molar-refractivity contribution is 7.93. The molecule has 1 heterocycles. The van der Waals surface area contributed by atoms with Gasteiger partial charge in [0.1, 0.15) is 0 Å². The summed E-state index contributed by atoms with van der Waals surface area (Å²) in [6.07, 6.45) is -0.181. The van der Waals surface area contributed by atoms with E-state index in [1.165, 1.54) is 12.1 Å². The Morgan fingerprint density at radius 2 is 1.86 bits per heavy atom. The zero-order chi connectivity index (χ0) is 16.0. The molecule has 0 amide bonds. The minimum atomic E-state index is -4.13. The van der Waals surface area contributed by atoms with Crippen molar-refractivity contribution in [2.45, 2.75) is 16.2 Å². The second-order valence-electron chi connectivity index (χ2n) is 5.17. The summed E-state index contributed by atoms with van der Waals surface area (Å²) in [5, 5.41) is 12.3. The van der Waals surface area contributed by atoms with Gasteiger partial charge in [-0.15, -0.1) is 0 Å². The number of nitrogens with one attached hydrogen (secondary N) is 1. The van der Waals surface area contributed by atoms with Gasteiger partial charge in [-0.05, 0) is 35.9 Å². The SMILES string of the molecule is Nc1ccc2c(c1)CC(C(=O)O)(S(=O)(=O)c1ccccc1)N2. The van der Waals surface area contributed by atoms with Crippen LogP contribution in [0.4, 0.5) is 11.4 Å². The van der Waals surface area contributed by atoms with Crippen molar-refractivity contribution in [2.75, 3.05) is 11.1 Å². The van der Waals surface area contributed by atoms with E-state index in [0.717, 1.165) is 0 Å². The number of nitrogens with two attached hydrogens (primary N) is 1. The van der Waals surface area contributed by atoms with Crippen molar-refractivity contribution in [1.29, 1.82) is 0 Å². The lowest BCUT2D eigenvalue weighted by Gasteiger charge is -2.25. The number of nitrogen functional groups attached to an aromatic ring is 1. The summed E-state index contributed by atoms with van der Waals surface area (Å²) in [5.41, 5.74) is 7.19. The van der Waals surface area contributed by atoms with Gasteiger partial charge in [-0.3, -0.25) is 0 Å². The average Bonchev–Trinajstić information content (AvgIpc) is 2.88. The molecule has 0 aromatic heterocycles. The molecular formula is C15H14N2O4S. The van der Waals surface area contributed by atoms with Crippen molar-refractivity contribution in [2.24, 2.45) is 0 Å². The molecule has 1 aliphatic rings. The van der Waals surface area contributed by atoms with Crippen molar-refractivity contribution in [3.05, 3.63) is 54.1 Å². The first kappa shape index (κ1) is 14.4. The zero-order valence-electron chi connectivity index (χ0n) is 11.5. The summed E-state index contributed by atoms with van der Waals surface area (Å²) in [5.74, 6) is -1.44. The first-order valence-electron chi connectivity index (χ1n) is 6.56. The Balaban J connectivity index is 2.16. The van der Waals surface area contributed by atoms with E-state index in [2.05, 4.69) is 5.32 Å². The number of carboxylic acid groups (broad SMARTS) is 1. The molecule has 7 heteroatoms.